The maximum absolute atomic E-state index is 10.1. The summed E-state index contributed by atoms with van der Waals surface area (Å²) in [5, 5.41) is 10.1. The molecule has 82 valence electrons. The van der Waals surface area contributed by atoms with Crippen LogP contribution >= 0.6 is 0 Å². The van der Waals surface area contributed by atoms with Crippen LogP contribution in [0.2, 0.25) is 0 Å². The maximum Gasteiger partial charge on any atom is 0.124 e. The fraction of sp³-hybridized carbons (Fsp3) is 0.250. The van der Waals surface area contributed by atoms with Crippen molar-refractivity contribution in [3.05, 3.63) is 53.4 Å². The fourth-order valence-electron chi connectivity index (χ4n) is 1.60. The molecule has 2 aromatic heterocycles. The quantitative estimate of drug-likeness (QED) is 0.826. The van der Waals surface area contributed by atoms with Crippen molar-refractivity contribution < 1.29 is 5.11 Å². The number of nitrogens with zero attached hydrogens (tertiary/aromatic N) is 3. The van der Waals surface area contributed by atoms with Crippen LogP contribution in [0.1, 0.15) is 28.7 Å². The summed E-state index contributed by atoms with van der Waals surface area (Å²) in [5.74, 6) is 0. The van der Waals surface area contributed by atoms with Gasteiger partial charge in [0.05, 0.1) is 11.9 Å². The van der Waals surface area contributed by atoms with Gasteiger partial charge in [-0.05, 0) is 19.9 Å². The van der Waals surface area contributed by atoms with E-state index in [4.69, 9.17) is 0 Å². The van der Waals surface area contributed by atoms with Gasteiger partial charge in [-0.3, -0.25) is 15.0 Å². The molecule has 2 heterocycles. The lowest BCUT2D eigenvalue weighted by Gasteiger charge is -2.12. The smallest absolute Gasteiger partial charge is 0.124 e. The molecule has 1 N–H and O–H groups in total. The van der Waals surface area contributed by atoms with Crippen LogP contribution in [-0.2, 0) is 0 Å². The van der Waals surface area contributed by atoms with Crippen molar-refractivity contribution in [2.45, 2.75) is 20.0 Å². The van der Waals surface area contributed by atoms with Gasteiger partial charge in [-0.15, -0.1) is 0 Å². The zero-order valence-corrected chi connectivity index (χ0v) is 9.25. The van der Waals surface area contributed by atoms with E-state index in [0.717, 1.165) is 17.0 Å². The van der Waals surface area contributed by atoms with E-state index in [1.54, 1.807) is 18.6 Å². The van der Waals surface area contributed by atoms with Gasteiger partial charge >= 0.3 is 0 Å². The summed E-state index contributed by atoms with van der Waals surface area (Å²) in [7, 11) is 0. The van der Waals surface area contributed by atoms with Crippen molar-refractivity contribution in [1.29, 1.82) is 0 Å². The summed E-state index contributed by atoms with van der Waals surface area (Å²) in [6, 6.07) is 3.75. The highest BCUT2D eigenvalue weighted by molar-refractivity contribution is 5.28. The molecule has 0 fully saturated rings. The average Bonchev–Trinajstić information content (AvgIpc) is 2.29. The Kier molecular flexibility index (Phi) is 2.92. The zero-order chi connectivity index (χ0) is 11.5. The predicted octanol–water partition coefficient (Wildman–Crippen LogP) is 1.57. The number of aromatic nitrogens is 3. The number of aliphatic hydroxyl groups is 1. The fourth-order valence-corrected chi connectivity index (χ4v) is 1.60. The van der Waals surface area contributed by atoms with Crippen LogP contribution in [0.5, 0.6) is 0 Å². The topological polar surface area (TPSA) is 58.9 Å². The van der Waals surface area contributed by atoms with E-state index in [2.05, 4.69) is 15.0 Å². The van der Waals surface area contributed by atoms with E-state index in [-0.39, 0.29) is 0 Å². The van der Waals surface area contributed by atoms with E-state index < -0.39 is 6.10 Å². The molecule has 16 heavy (non-hydrogen) atoms. The summed E-state index contributed by atoms with van der Waals surface area (Å²) in [6.07, 6.45) is 3.94. The minimum absolute atomic E-state index is 0.538. The monoisotopic (exact) mass is 215 g/mol. The highest BCUT2D eigenvalue weighted by Gasteiger charge is 2.14. The van der Waals surface area contributed by atoms with E-state index in [1.807, 2.05) is 26.0 Å². The van der Waals surface area contributed by atoms with E-state index >= 15 is 0 Å². The Bertz CT molecular complexity index is 485. The Morgan fingerprint density at radius 2 is 2.00 bits per heavy atom. The van der Waals surface area contributed by atoms with Crippen LogP contribution in [0.15, 0.2) is 30.7 Å². The van der Waals surface area contributed by atoms with E-state index in [1.165, 1.54) is 0 Å². The second-order valence-electron chi connectivity index (χ2n) is 3.66. The number of hydrogen-bond donors (Lipinski definition) is 1. The SMILES string of the molecule is Cc1ccc(C(O)c2cnccn2)c(C)n1. The van der Waals surface area contributed by atoms with Crippen molar-refractivity contribution in [2.75, 3.05) is 0 Å². The van der Waals surface area contributed by atoms with Gasteiger partial charge in [-0.1, -0.05) is 6.07 Å². The third kappa shape index (κ3) is 2.06. The molecule has 0 aliphatic heterocycles. The van der Waals surface area contributed by atoms with Crippen molar-refractivity contribution in [2.24, 2.45) is 0 Å². The predicted molar refractivity (Wildman–Crippen MR) is 59.8 cm³/mol. The molecule has 4 heteroatoms. The van der Waals surface area contributed by atoms with Gasteiger partial charge in [-0.2, -0.15) is 0 Å². The van der Waals surface area contributed by atoms with Crippen molar-refractivity contribution in [3.63, 3.8) is 0 Å². The van der Waals surface area contributed by atoms with Gasteiger partial charge < -0.3 is 5.11 Å². The molecule has 2 rings (SSSR count). The second-order valence-corrected chi connectivity index (χ2v) is 3.66. The maximum atomic E-state index is 10.1. The molecule has 4 nitrogen and oxygen atoms in total. The van der Waals surface area contributed by atoms with E-state index in [0.29, 0.717) is 5.69 Å². The van der Waals surface area contributed by atoms with Gasteiger partial charge in [0.25, 0.3) is 0 Å². The highest BCUT2D eigenvalue weighted by atomic mass is 16.3. The number of rotatable bonds is 2. The molecule has 0 amide bonds. The van der Waals surface area contributed by atoms with Crippen LogP contribution in [0.3, 0.4) is 0 Å². The largest absolute Gasteiger partial charge is 0.382 e. The number of hydrogen-bond acceptors (Lipinski definition) is 4. The third-order valence-corrected chi connectivity index (χ3v) is 2.42. The molecule has 1 atom stereocenters. The molecule has 0 spiro atoms. The molecule has 0 aromatic carbocycles. The second kappa shape index (κ2) is 4.37. The number of pyridine rings is 1. The lowest BCUT2D eigenvalue weighted by atomic mass is 10.1. The standard InChI is InChI=1S/C12H13N3O/c1-8-3-4-10(9(2)15-8)12(16)11-7-13-5-6-14-11/h3-7,12,16H,1-2H3. The van der Waals surface area contributed by atoms with Gasteiger partial charge in [-0.25, -0.2) is 0 Å². The van der Waals surface area contributed by atoms with Crippen molar-refractivity contribution in [3.8, 4) is 0 Å². The lowest BCUT2D eigenvalue weighted by molar-refractivity contribution is 0.213. The minimum Gasteiger partial charge on any atom is -0.382 e. The van der Waals surface area contributed by atoms with Gasteiger partial charge in [0.2, 0.25) is 0 Å². The first kappa shape index (κ1) is 10.7. The first-order chi connectivity index (χ1) is 7.68. The Balaban J connectivity index is 2.38. The van der Waals surface area contributed by atoms with Crippen LogP contribution in [0.4, 0.5) is 0 Å². The van der Waals surface area contributed by atoms with Crippen LogP contribution in [0.25, 0.3) is 0 Å². The first-order valence-electron chi connectivity index (χ1n) is 5.06. The summed E-state index contributed by atoms with van der Waals surface area (Å²) < 4.78 is 0. The molecule has 0 saturated carbocycles. The van der Waals surface area contributed by atoms with Crippen LogP contribution in [-0.4, -0.2) is 20.1 Å². The molecule has 1 unspecified atom stereocenters. The molecule has 2 aromatic rings. The summed E-state index contributed by atoms with van der Waals surface area (Å²) in [5.41, 5.74) is 3.06. The molecular formula is C12H13N3O. The molecule has 0 aliphatic carbocycles. The normalized spacial score (nSPS) is 12.4. The van der Waals surface area contributed by atoms with Crippen LogP contribution < -0.4 is 0 Å². The molecule has 0 radical (unpaired) electrons. The van der Waals surface area contributed by atoms with Gasteiger partial charge in [0.15, 0.2) is 0 Å². The first-order valence-corrected chi connectivity index (χ1v) is 5.06. The van der Waals surface area contributed by atoms with Crippen LogP contribution in [0, 0.1) is 13.8 Å². The Labute approximate surface area is 94.0 Å². The zero-order valence-electron chi connectivity index (χ0n) is 9.25. The Morgan fingerprint density at radius 1 is 1.19 bits per heavy atom. The van der Waals surface area contributed by atoms with Crippen molar-refractivity contribution in [1.82, 2.24) is 15.0 Å². The summed E-state index contributed by atoms with van der Waals surface area (Å²) in [6.45, 7) is 3.80. The van der Waals surface area contributed by atoms with Gasteiger partial charge in [0.1, 0.15) is 6.10 Å². The minimum atomic E-state index is -0.762. The molecular weight excluding hydrogens is 202 g/mol. The van der Waals surface area contributed by atoms with E-state index in [9.17, 15) is 5.11 Å². The Morgan fingerprint density at radius 3 is 2.62 bits per heavy atom. The summed E-state index contributed by atoms with van der Waals surface area (Å²) >= 11 is 0. The average molecular weight is 215 g/mol. The molecule has 0 aliphatic rings. The molecule has 0 saturated heterocycles. The molecule has 0 bridgehead atoms. The lowest BCUT2D eigenvalue weighted by Crippen LogP contribution is -2.06. The summed E-state index contributed by atoms with van der Waals surface area (Å²) in [4.78, 5) is 12.3. The number of aliphatic hydroxyl groups excluding tert-OH is 1. The number of aryl methyl sites for hydroxylation is 2. The highest BCUT2D eigenvalue weighted by Crippen LogP contribution is 2.21. The Hall–Kier alpha value is -1.81. The van der Waals surface area contributed by atoms with Crippen molar-refractivity contribution >= 4 is 0 Å². The van der Waals surface area contributed by atoms with Gasteiger partial charge in [0, 0.05) is 29.3 Å². The third-order valence-electron chi connectivity index (χ3n) is 2.42.